The molecule has 0 bridgehead atoms. The van der Waals surface area contributed by atoms with Gasteiger partial charge in [0.05, 0.1) is 13.2 Å². The molecule has 118 valence electrons. The maximum atomic E-state index is 9.62. The third-order valence-corrected chi connectivity index (χ3v) is 4.49. The summed E-state index contributed by atoms with van der Waals surface area (Å²) in [6, 6.07) is 8.23. The second kappa shape index (κ2) is 6.58. The van der Waals surface area contributed by atoms with Crippen molar-refractivity contribution in [3.05, 3.63) is 35.7 Å². The monoisotopic (exact) mass is 301 g/mol. The molecule has 0 spiro atoms. The predicted octanol–water partition coefficient (Wildman–Crippen LogP) is 2.64. The number of nitrogens with zero attached hydrogens (tertiary/aromatic N) is 3. The molecule has 2 atom stereocenters. The third-order valence-electron chi connectivity index (χ3n) is 4.49. The van der Waals surface area contributed by atoms with Gasteiger partial charge in [0, 0.05) is 11.6 Å². The molecule has 0 saturated carbocycles. The molecule has 2 heterocycles. The van der Waals surface area contributed by atoms with Crippen LogP contribution in [0.2, 0.25) is 0 Å². The van der Waals surface area contributed by atoms with Crippen molar-refractivity contribution < 1.29 is 9.52 Å². The van der Waals surface area contributed by atoms with Crippen LogP contribution in [0.4, 0.5) is 0 Å². The predicted molar refractivity (Wildman–Crippen MR) is 84.2 cm³/mol. The van der Waals surface area contributed by atoms with Crippen molar-refractivity contribution >= 4 is 0 Å². The summed E-state index contributed by atoms with van der Waals surface area (Å²) >= 11 is 0. The SMILES string of the molecule is Cc1cccc(-c2nnc(CN3CCCC(C)C3CO)o2)c1. The van der Waals surface area contributed by atoms with Gasteiger partial charge in [-0.3, -0.25) is 4.90 Å². The normalized spacial score (nSPS) is 22.9. The Morgan fingerprint density at radius 1 is 1.36 bits per heavy atom. The van der Waals surface area contributed by atoms with Gasteiger partial charge in [0.25, 0.3) is 0 Å². The molecule has 1 N–H and O–H groups in total. The highest BCUT2D eigenvalue weighted by Gasteiger charge is 2.29. The van der Waals surface area contributed by atoms with Crippen molar-refractivity contribution in [3.63, 3.8) is 0 Å². The molecule has 1 aliphatic rings. The smallest absolute Gasteiger partial charge is 0.247 e. The summed E-state index contributed by atoms with van der Waals surface area (Å²) in [6.45, 7) is 5.99. The fourth-order valence-corrected chi connectivity index (χ4v) is 3.21. The standard InChI is InChI=1S/C17H23N3O2/c1-12-5-3-7-14(9-12)17-19-18-16(22-17)10-20-8-4-6-13(2)15(20)11-21/h3,5,7,9,13,15,21H,4,6,8,10-11H2,1-2H3. The van der Waals surface area contributed by atoms with E-state index in [1.165, 1.54) is 12.0 Å². The average molecular weight is 301 g/mol. The summed E-state index contributed by atoms with van der Waals surface area (Å²) in [5.41, 5.74) is 2.12. The van der Waals surface area contributed by atoms with Gasteiger partial charge in [0.15, 0.2) is 0 Å². The number of hydrogen-bond donors (Lipinski definition) is 1. The van der Waals surface area contributed by atoms with Gasteiger partial charge in [-0.1, -0.05) is 24.6 Å². The summed E-state index contributed by atoms with van der Waals surface area (Å²) in [4.78, 5) is 2.25. The number of likely N-dealkylation sites (tertiary alicyclic amines) is 1. The molecule has 22 heavy (non-hydrogen) atoms. The molecule has 2 unspecified atom stereocenters. The molecule has 1 saturated heterocycles. The number of hydrogen-bond acceptors (Lipinski definition) is 5. The van der Waals surface area contributed by atoms with E-state index in [0.717, 1.165) is 18.5 Å². The van der Waals surface area contributed by atoms with Gasteiger partial charge in [-0.2, -0.15) is 0 Å². The van der Waals surface area contributed by atoms with Crippen LogP contribution in [0.25, 0.3) is 11.5 Å². The van der Waals surface area contributed by atoms with Crippen LogP contribution in [-0.2, 0) is 6.54 Å². The van der Waals surface area contributed by atoms with E-state index in [9.17, 15) is 5.11 Å². The number of piperidine rings is 1. The van der Waals surface area contributed by atoms with Crippen LogP contribution in [0, 0.1) is 12.8 Å². The molecular formula is C17H23N3O2. The minimum atomic E-state index is 0.181. The maximum Gasteiger partial charge on any atom is 0.247 e. The lowest BCUT2D eigenvalue weighted by molar-refractivity contribution is 0.0415. The highest BCUT2D eigenvalue weighted by Crippen LogP contribution is 2.25. The Labute approximate surface area is 131 Å². The number of aromatic nitrogens is 2. The molecule has 1 aromatic heterocycles. The Balaban J connectivity index is 1.74. The van der Waals surface area contributed by atoms with Crippen molar-refractivity contribution in [1.29, 1.82) is 0 Å². The zero-order valence-electron chi connectivity index (χ0n) is 13.2. The Hall–Kier alpha value is -1.72. The maximum absolute atomic E-state index is 9.62. The van der Waals surface area contributed by atoms with Gasteiger partial charge in [-0.15, -0.1) is 10.2 Å². The fourth-order valence-electron chi connectivity index (χ4n) is 3.21. The molecule has 2 aromatic rings. The molecule has 1 aliphatic heterocycles. The Bertz CT molecular complexity index is 626. The van der Waals surface area contributed by atoms with Gasteiger partial charge >= 0.3 is 0 Å². The molecule has 0 aliphatic carbocycles. The molecular weight excluding hydrogens is 278 g/mol. The van der Waals surface area contributed by atoms with Crippen molar-refractivity contribution in [1.82, 2.24) is 15.1 Å². The number of aryl methyl sites for hydroxylation is 1. The number of rotatable bonds is 4. The zero-order chi connectivity index (χ0) is 15.5. The lowest BCUT2D eigenvalue weighted by atomic mass is 9.91. The van der Waals surface area contributed by atoms with E-state index in [2.05, 4.69) is 22.0 Å². The van der Waals surface area contributed by atoms with Crippen molar-refractivity contribution in [2.24, 2.45) is 5.92 Å². The molecule has 5 heteroatoms. The lowest BCUT2D eigenvalue weighted by Crippen LogP contribution is -2.46. The van der Waals surface area contributed by atoms with E-state index in [0.29, 0.717) is 24.2 Å². The zero-order valence-corrected chi connectivity index (χ0v) is 13.2. The third kappa shape index (κ3) is 3.20. The van der Waals surface area contributed by atoms with Crippen molar-refractivity contribution in [2.75, 3.05) is 13.2 Å². The van der Waals surface area contributed by atoms with E-state index < -0.39 is 0 Å². The molecule has 0 radical (unpaired) electrons. The second-order valence-electron chi connectivity index (χ2n) is 6.21. The van der Waals surface area contributed by atoms with E-state index >= 15 is 0 Å². The van der Waals surface area contributed by atoms with Crippen molar-refractivity contribution in [3.8, 4) is 11.5 Å². The first-order valence-corrected chi connectivity index (χ1v) is 7.91. The second-order valence-corrected chi connectivity index (χ2v) is 6.21. The summed E-state index contributed by atoms with van der Waals surface area (Å²) in [5, 5.41) is 17.9. The van der Waals surface area contributed by atoms with Gasteiger partial charge < -0.3 is 9.52 Å². The van der Waals surface area contributed by atoms with Gasteiger partial charge in [-0.25, -0.2) is 0 Å². The highest BCUT2D eigenvalue weighted by molar-refractivity contribution is 5.53. The number of benzene rings is 1. The van der Waals surface area contributed by atoms with Crippen LogP contribution in [0.1, 0.15) is 31.2 Å². The van der Waals surface area contributed by atoms with Crippen LogP contribution in [0.15, 0.2) is 28.7 Å². The lowest BCUT2D eigenvalue weighted by Gasteiger charge is -2.38. The van der Waals surface area contributed by atoms with E-state index in [-0.39, 0.29) is 12.6 Å². The summed E-state index contributed by atoms with van der Waals surface area (Å²) in [5.74, 6) is 1.67. The highest BCUT2D eigenvalue weighted by atomic mass is 16.4. The molecule has 3 rings (SSSR count). The topological polar surface area (TPSA) is 62.4 Å². The first-order chi connectivity index (χ1) is 10.7. The van der Waals surface area contributed by atoms with Crippen LogP contribution >= 0.6 is 0 Å². The summed E-state index contributed by atoms with van der Waals surface area (Å²) in [6.07, 6.45) is 2.32. The Morgan fingerprint density at radius 2 is 2.23 bits per heavy atom. The van der Waals surface area contributed by atoms with Gasteiger partial charge in [-0.05, 0) is 44.4 Å². The Morgan fingerprint density at radius 3 is 3.00 bits per heavy atom. The molecule has 0 amide bonds. The quantitative estimate of drug-likeness (QED) is 0.940. The minimum absolute atomic E-state index is 0.181. The van der Waals surface area contributed by atoms with Crippen molar-refractivity contribution in [2.45, 2.75) is 39.3 Å². The summed E-state index contributed by atoms with van der Waals surface area (Å²) in [7, 11) is 0. The van der Waals surface area contributed by atoms with Crippen LogP contribution in [0.3, 0.4) is 0 Å². The fraction of sp³-hybridized carbons (Fsp3) is 0.529. The van der Waals surface area contributed by atoms with Gasteiger partial charge in [0.1, 0.15) is 0 Å². The van der Waals surface area contributed by atoms with E-state index in [4.69, 9.17) is 4.42 Å². The number of aliphatic hydroxyl groups is 1. The largest absolute Gasteiger partial charge is 0.419 e. The van der Waals surface area contributed by atoms with Crippen LogP contribution in [0.5, 0.6) is 0 Å². The first-order valence-electron chi connectivity index (χ1n) is 7.91. The summed E-state index contributed by atoms with van der Waals surface area (Å²) < 4.78 is 5.81. The van der Waals surface area contributed by atoms with E-state index in [1.54, 1.807) is 0 Å². The Kier molecular flexibility index (Phi) is 4.55. The average Bonchev–Trinajstić information content (AvgIpc) is 2.96. The number of aliphatic hydroxyl groups excluding tert-OH is 1. The molecule has 1 aromatic carbocycles. The van der Waals surface area contributed by atoms with Gasteiger partial charge in [0.2, 0.25) is 11.8 Å². The van der Waals surface area contributed by atoms with Crippen LogP contribution < -0.4 is 0 Å². The van der Waals surface area contributed by atoms with E-state index in [1.807, 2.05) is 31.2 Å². The molecule has 5 nitrogen and oxygen atoms in total. The minimum Gasteiger partial charge on any atom is -0.419 e. The molecule has 1 fully saturated rings. The first kappa shape index (κ1) is 15.2. The van der Waals surface area contributed by atoms with Crippen LogP contribution in [-0.4, -0.2) is 39.4 Å².